The molecule has 1 aliphatic rings. The van der Waals surface area contributed by atoms with E-state index in [9.17, 15) is 18.7 Å². The van der Waals surface area contributed by atoms with Gasteiger partial charge in [-0.2, -0.15) is 0 Å². The number of hydrogen-bond acceptors (Lipinski definition) is 3. The smallest absolute Gasteiger partial charge is 0.257 e. The second-order valence-corrected chi connectivity index (χ2v) is 4.97. The van der Waals surface area contributed by atoms with Crippen molar-refractivity contribution in [2.45, 2.75) is 25.5 Å². The fourth-order valence-corrected chi connectivity index (χ4v) is 2.44. The third-order valence-electron chi connectivity index (χ3n) is 3.66. The number of amides is 1. The van der Waals surface area contributed by atoms with E-state index in [0.717, 1.165) is 0 Å². The molecular weight excluding hydrogens is 268 g/mol. The van der Waals surface area contributed by atoms with Gasteiger partial charge in [0.05, 0.1) is 24.3 Å². The van der Waals surface area contributed by atoms with E-state index in [-0.39, 0.29) is 30.4 Å². The van der Waals surface area contributed by atoms with Crippen LogP contribution in [0.3, 0.4) is 0 Å². The zero-order valence-corrected chi connectivity index (χ0v) is 11.4. The molecule has 0 aromatic heterocycles. The molecule has 0 unspecified atom stereocenters. The summed E-state index contributed by atoms with van der Waals surface area (Å²) in [6.07, 6.45) is 0.321. The van der Waals surface area contributed by atoms with Crippen LogP contribution in [0, 0.1) is 18.6 Å². The lowest BCUT2D eigenvalue weighted by Crippen LogP contribution is -2.38. The molecule has 1 fully saturated rings. The van der Waals surface area contributed by atoms with E-state index < -0.39 is 23.6 Å². The van der Waals surface area contributed by atoms with Crippen LogP contribution >= 0.6 is 0 Å². The third-order valence-corrected chi connectivity index (χ3v) is 3.66. The normalized spacial score (nSPS) is 22.4. The maximum Gasteiger partial charge on any atom is 0.257 e. The number of aliphatic hydroxyl groups is 1. The van der Waals surface area contributed by atoms with Crippen LogP contribution in [0.4, 0.5) is 8.78 Å². The van der Waals surface area contributed by atoms with Crippen molar-refractivity contribution in [3.05, 3.63) is 34.9 Å². The largest absolute Gasteiger partial charge is 0.394 e. The number of ether oxygens (including phenoxy) is 1. The van der Waals surface area contributed by atoms with Crippen LogP contribution in [0.15, 0.2) is 12.1 Å². The van der Waals surface area contributed by atoms with Gasteiger partial charge in [0.1, 0.15) is 11.6 Å². The number of halogens is 2. The summed E-state index contributed by atoms with van der Waals surface area (Å²) in [6.45, 7) is 1.54. The molecule has 1 aliphatic heterocycles. The van der Waals surface area contributed by atoms with Gasteiger partial charge in [-0.25, -0.2) is 8.78 Å². The van der Waals surface area contributed by atoms with E-state index in [1.807, 2.05) is 0 Å². The number of likely N-dealkylation sites (tertiary alicyclic amines) is 1. The van der Waals surface area contributed by atoms with Crippen molar-refractivity contribution < 1.29 is 23.4 Å². The first kappa shape index (κ1) is 14.9. The van der Waals surface area contributed by atoms with Gasteiger partial charge in [0.2, 0.25) is 0 Å². The predicted octanol–water partition coefficient (Wildman–Crippen LogP) is 1.50. The summed E-state index contributed by atoms with van der Waals surface area (Å²) in [5.41, 5.74) is 0.0249. The Hall–Kier alpha value is -1.53. The molecule has 2 rings (SSSR count). The summed E-state index contributed by atoms with van der Waals surface area (Å²) < 4.78 is 32.2. The van der Waals surface area contributed by atoms with Gasteiger partial charge < -0.3 is 14.7 Å². The van der Waals surface area contributed by atoms with Crippen LogP contribution in [0.5, 0.6) is 0 Å². The van der Waals surface area contributed by atoms with Crippen LogP contribution < -0.4 is 0 Å². The maximum absolute atomic E-state index is 13.8. The van der Waals surface area contributed by atoms with Crippen molar-refractivity contribution in [3.63, 3.8) is 0 Å². The minimum Gasteiger partial charge on any atom is -0.394 e. The topological polar surface area (TPSA) is 49.8 Å². The van der Waals surface area contributed by atoms with Crippen LogP contribution in [0.1, 0.15) is 22.3 Å². The Labute approximate surface area is 116 Å². The number of methoxy groups -OCH3 is 1. The molecular formula is C14H17F2NO3. The number of aliphatic hydroxyl groups excluding tert-OH is 1. The molecule has 1 aromatic carbocycles. The highest BCUT2D eigenvalue weighted by atomic mass is 19.1. The maximum atomic E-state index is 13.8. The number of benzene rings is 1. The highest BCUT2D eigenvalue weighted by Crippen LogP contribution is 2.24. The van der Waals surface area contributed by atoms with Gasteiger partial charge in [-0.05, 0) is 25.0 Å². The minimum atomic E-state index is -0.893. The summed E-state index contributed by atoms with van der Waals surface area (Å²) >= 11 is 0. The monoisotopic (exact) mass is 285 g/mol. The van der Waals surface area contributed by atoms with Crippen molar-refractivity contribution >= 4 is 5.91 Å². The zero-order chi connectivity index (χ0) is 14.9. The quantitative estimate of drug-likeness (QED) is 0.915. The molecule has 0 aliphatic carbocycles. The molecule has 1 heterocycles. The molecule has 2 atom stereocenters. The predicted molar refractivity (Wildman–Crippen MR) is 68.4 cm³/mol. The van der Waals surface area contributed by atoms with Crippen molar-refractivity contribution in [3.8, 4) is 0 Å². The number of nitrogens with zero attached hydrogens (tertiary/aromatic N) is 1. The van der Waals surface area contributed by atoms with Gasteiger partial charge in [0, 0.05) is 19.7 Å². The Morgan fingerprint density at radius 2 is 2.15 bits per heavy atom. The standard InChI is InChI=1S/C14H17F2NO3/c1-8-3-11(13(16)5-12(8)15)14(19)17-6-10(20-2)4-9(17)7-18/h3,5,9-10,18H,4,6-7H2,1-2H3/t9-,10+/m0/s1. The van der Waals surface area contributed by atoms with Crippen LogP contribution in [-0.2, 0) is 4.74 Å². The van der Waals surface area contributed by atoms with Crippen LogP contribution in [-0.4, -0.2) is 48.3 Å². The minimum absolute atomic E-state index is 0.180. The van der Waals surface area contributed by atoms with E-state index in [0.29, 0.717) is 12.5 Å². The molecule has 110 valence electrons. The zero-order valence-electron chi connectivity index (χ0n) is 11.4. The number of hydrogen-bond donors (Lipinski definition) is 1. The third kappa shape index (κ3) is 2.66. The van der Waals surface area contributed by atoms with E-state index in [2.05, 4.69) is 0 Å². The van der Waals surface area contributed by atoms with Crippen molar-refractivity contribution in [1.82, 2.24) is 4.90 Å². The first-order chi connectivity index (χ1) is 9.47. The molecule has 4 nitrogen and oxygen atoms in total. The summed E-state index contributed by atoms with van der Waals surface area (Å²) in [7, 11) is 1.52. The van der Waals surface area contributed by atoms with Crippen molar-refractivity contribution in [1.29, 1.82) is 0 Å². The molecule has 6 heteroatoms. The number of carbonyl (C=O) groups is 1. The lowest BCUT2D eigenvalue weighted by atomic mass is 10.1. The SMILES string of the molecule is CO[C@@H]1C[C@@H](CO)N(C(=O)c2cc(C)c(F)cc2F)C1. The molecule has 1 aromatic rings. The molecule has 1 amide bonds. The first-order valence-corrected chi connectivity index (χ1v) is 6.38. The van der Waals surface area contributed by atoms with E-state index in [1.54, 1.807) is 0 Å². The van der Waals surface area contributed by atoms with Crippen LogP contribution in [0.2, 0.25) is 0 Å². The van der Waals surface area contributed by atoms with Gasteiger partial charge in [-0.3, -0.25) is 4.79 Å². The lowest BCUT2D eigenvalue weighted by Gasteiger charge is -2.23. The number of aryl methyl sites for hydroxylation is 1. The van der Waals surface area contributed by atoms with E-state index in [1.165, 1.54) is 25.0 Å². The Kier molecular flexibility index (Phi) is 4.35. The van der Waals surface area contributed by atoms with E-state index in [4.69, 9.17) is 4.74 Å². The van der Waals surface area contributed by atoms with Gasteiger partial charge >= 0.3 is 0 Å². The molecule has 1 N–H and O–H groups in total. The van der Waals surface area contributed by atoms with Gasteiger partial charge in [0.25, 0.3) is 5.91 Å². The summed E-state index contributed by atoms with van der Waals surface area (Å²) in [5.74, 6) is -2.13. The fourth-order valence-electron chi connectivity index (χ4n) is 2.44. The molecule has 0 bridgehead atoms. The Bertz CT molecular complexity index is 521. The second kappa shape index (κ2) is 5.85. The molecule has 0 saturated carbocycles. The van der Waals surface area contributed by atoms with E-state index >= 15 is 0 Å². The summed E-state index contributed by atoms with van der Waals surface area (Å²) in [4.78, 5) is 13.7. The average molecular weight is 285 g/mol. The number of carbonyl (C=O) groups excluding carboxylic acids is 1. The lowest BCUT2D eigenvalue weighted by molar-refractivity contribution is 0.0643. The Balaban J connectivity index is 2.29. The molecule has 1 saturated heterocycles. The Morgan fingerprint density at radius 3 is 2.75 bits per heavy atom. The van der Waals surface area contributed by atoms with Crippen molar-refractivity contribution in [2.24, 2.45) is 0 Å². The average Bonchev–Trinajstić information content (AvgIpc) is 2.85. The molecule has 0 radical (unpaired) electrons. The fraction of sp³-hybridized carbons (Fsp3) is 0.500. The Morgan fingerprint density at radius 1 is 1.45 bits per heavy atom. The van der Waals surface area contributed by atoms with Gasteiger partial charge in [0.15, 0.2) is 0 Å². The first-order valence-electron chi connectivity index (χ1n) is 6.38. The summed E-state index contributed by atoms with van der Waals surface area (Å²) in [6, 6.07) is 1.50. The van der Waals surface area contributed by atoms with Gasteiger partial charge in [-0.1, -0.05) is 0 Å². The molecule has 0 spiro atoms. The van der Waals surface area contributed by atoms with Crippen LogP contribution in [0.25, 0.3) is 0 Å². The second-order valence-electron chi connectivity index (χ2n) is 4.97. The number of rotatable bonds is 3. The summed E-state index contributed by atoms with van der Waals surface area (Å²) in [5, 5.41) is 9.31. The highest BCUT2D eigenvalue weighted by molar-refractivity contribution is 5.95. The van der Waals surface area contributed by atoms with Gasteiger partial charge in [-0.15, -0.1) is 0 Å². The molecule has 20 heavy (non-hydrogen) atoms. The highest BCUT2D eigenvalue weighted by Gasteiger charge is 2.36. The van der Waals surface area contributed by atoms with Crippen molar-refractivity contribution in [2.75, 3.05) is 20.3 Å².